The van der Waals surface area contributed by atoms with E-state index in [1.54, 1.807) is 18.7 Å². The van der Waals surface area contributed by atoms with Crippen molar-refractivity contribution in [2.45, 2.75) is 27.2 Å². The highest BCUT2D eigenvalue weighted by Crippen LogP contribution is 2.38. The van der Waals surface area contributed by atoms with Crippen LogP contribution in [0.4, 0.5) is 0 Å². The van der Waals surface area contributed by atoms with Crippen molar-refractivity contribution in [3.8, 4) is 0 Å². The summed E-state index contributed by atoms with van der Waals surface area (Å²) in [4.78, 5) is 16.1. The number of hydrogen-bond donors (Lipinski definition) is 0. The first-order valence-corrected chi connectivity index (χ1v) is 9.08. The Balaban J connectivity index is 1.98. The van der Waals surface area contributed by atoms with Crippen LogP contribution in [0.2, 0.25) is 0 Å². The maximum Gasteiger partial charge on any atom is 0.140 e. The minimum Gasteiger partial charge on any atom is -0.299 e. The summed E-state index contributed by atoms with van der Waals surface area (Å²) in [5.41, 5.74) is 7.11. The SMILES string of the molecule is CC(=O)CSC1=NC(c2ccc(C)cc2)=C(c2ccc(C)cc2)C1. The first-order valence-electron chi connectivity index (χ1n) is 8.10. The van der Waals surface area contributed by atoms with Crippen LogP contribution in [0.3, 0.4) is 0 Å². The van der Waals surface area contributed by atoms with E-state index in [1.807, 2.05) is 0 Å². The van der Waals surface area contributed by atoms with Crippen molar-refractivity contribution in [1.82, 2.24) is 0 Å². The molecule has 0 fully saturated rings. The molecule has 1 heterocycles. The second-order valence-electron chi connectivity index (χ2n) is 6.23. The number of benzene rings is 2. The van der Waals surface area contributed by atoms with Crippen molar-refractivity contribution in [2.24, 2.45) is 4.99 Å². The zero-order valence-corrected chi connectivity index (χ0v) is 15.1. The number of nitrogens with zero attached hydrogens (tertiary/aromatic N) is 1. The van der Waals surface area contributed by atoms with Gasteiger partial charge in [-0.2, -0.15) is 0 Å². The number of hydrogen-bond acceptors (Lipinski definition) is 3. The molecule has 3 heteroatoms. The molecule has 1 aliphatic rings. The molecule has 0 aromatic heterocycles. The van der Waals surface area contributed by atoms with Gasteiger partial charge in [0.2, 0.25) is 0 Å². The largest absolute Gasteiger partial charge is 0.299 e. The molecule has 3 rings (SSSR count). The summed E-state index contributed by atoms with van der Waals surface area (Å²) >= 11 is 1.55. The fourth-order valence-electron chi connectivity index (χ4n) is 2.68. The lowest BCUT2D eigenvalue weighted by Crippen LogP contribution is -1.98. The highest BCUT2D eigenvalue weighted by molar-refractivity contribution is 8.14. The van der Waals surface area contributed by atoms with Crippen LogP contribution in [0.25, 0.3) is 11.3 Å². The summed E-state index contributed by atoms with van der Waals surface area (Å²) in [6.45, 7) is 5.81. The molecule has 0 aliphatic carbocycles. The predicted octanol–water partition coefficient (Wildman–Crippen LogP) is 5.30. The Kier molecular flexibility index (Phi) is 5.00. The topological polar surface area (TPSA) is 29.4 Å². The van der Waals surface area contributed by atoms with E-state index in [0.29, 0.717) is 5.75 Å². The van der Waals surface area contributed by atoms with Gasteiger partial charge in [-0.1, -0.05) is 59.7 Å². The lowest BCUT2D eigenvalue weighted by molar-refractivity contribution is -0.114. The molecule has 0 amide bonds. The number of ketones is 1. The predicted molar refractivity (Wildman–Crippen MR) is 104 cm³/mol. The summed E-state index contributed by atoms with van der Waals surface area (Å²) in [6.07, 6.45) is 0.796. The van der Waals surface area contributed by atoms with Crippen LogP contribution in [0.1, 0.15) is 35.6 Å². The maximum absolute atomic E-state index is 11.3. The van der Waals surface area contributed by atoms with Crippen LogP contribution in [0.5, 0.6) is 0 Å². The van der Waals surface area contributed by atoms with Gasteiger partial charge < -0.3 is 0 Å². The third-order valence-corrected chi connectivity index (χ3v) is 5.14. The molecule has 1 aliphatic heterocycles. The van der Waals surface area contributed by atoms with Crippen molar-refractivity contribution in [1.29, 1.82) is 0 Å². The van der Waals surface area contributed by atoms with Crippen molar-refractivity contribution < 1.29 is 4.79 Å². The van der Waals surface area contributed by atoms with E-state index in [1.165, 1.54) is 22.3 Å². The Morgan fingerprint density at radius 1 is 0.958 bits per heavy atom. The van der Waals surface area contributed by atoms with E-state index < -0.39 is 0 Å². The zero-order chi connectivity index (χ0) is 17.1. The van der Waals surface area contributed by atoms with Gasteiger partial charge in [-0.3, -0.25) is 4.79 Å². The molecule has 0 radical (unpaired) electrons. The van der Waals surface area contributed by atoms with Crippen molar-refractivity contribution in [2.75, 3.05) is 5.75 Å². The third kappa shape index (κ3) is 3.85. The minimum atomic E-state index is 0.184. The first-order chi connectivity index (χ1) is 11.5. The Bertz CT molecular complexity index is 814. The van der Waals surface area contributed by atoms with Crippen LogP contribution in [-0.2, 0) is 4.79 Å². The molecule has 0 spiro atoms. The normalized spacial score (nSPS) is 14.0. The van der Waals surface area contributed by atoms with Crippen molar-refractivity contribution >= 4 is 33.9 Å². The molecule has 0 N–H and O–H groups in total. The number of rotatable bonds is 4. The molecular weight excluding hydrogens is 314 g/mol. The number of Topliss-reactive ketones (excluding diaryl/α,β-unsaturated/α-hetero) is 1. The average molecular weight is 335 g/mol. The van der Waals surface area contributed by atoms with Crippen molar-refractivity contribution in [3.63, 3.8) is 0 Å². The summed E-state index contributed by atoms with van der Waals surface area (Å²) in [5, 5.41) is 1.02. The Hall–Kier alpha value is -2.13. The number of carbonyl (C=O) groups is 1. The second kappa shape index (κ2) is 7.18. The van der Waals surface area contributed by atoms with Crippen LogP contribution in [0, 0.1) is 13.8 Å². The Morgan fingerprint density at radius 3 is 2.04 bits per heavy atom. The van der Waals surface area contributed by atoms with Gasteiger partial charge in [-0.25, -0.2) is 4.99 Å². The molecule has 2 nitrogen and oxygen atoms in total. The summed E-state index contributed by atoms with van der Waals surface area (Å²) < 4.78 is 0. The monoisotopic (exact) mass is 335 g/mol. The van der Waals surface area contributed by atoms with E-state index in [0.717, 1.165) is 22.7 Å². The summed E-state index contributed by atoms with van der Waals surface area (Å²) in [5.74, 6) is 0.671. The smallest absolute Gasteiger partial charge is 0.140 e. The molecule has 0 atom stereocenters. The highest BCUT2D eigenvalue weighted by atomic mass is 32.2. The second-order valence-corrected chi connectivity index (χ2v) is 7.28. The maximum atomic E-state index is 11.3. The fraction of sp³-hybridized carbons (Fsp3) is 0.238. The molecule has 0 bridgehead atoms. The van der Waals surface area contributed by atoms with Gasteiger partial charge in [0.25, 0.3) is 0 Å². The van der Waals surface area contributed by atoms with Crippen LogP contribution in [0.15, 0.2) is 53.5 Å². The fourth-order valence-corrected chi connectivity index (χ4v) is 3.45. The van der Waals surface area contributed by atoms with E-state index in [2.05, 4.69) is 62.4 Å². The number of aryl methyl sites for hydroxylation is 2. The summed E-state index contributed by atoms with van der Waals surface area (Å²) in [6, 6.07) is 17.1. The molecule has 2 aromatic rings. The zero-order valence-electron chi connectivity index (χ0n) is 14.3. The number of thioether (sulfide) groups is 1. The molecule has 0 saturated carbocycles. The average Bonchev–Trinajstić information content (AvgIpc) is 2.98. The van der Waals surface area contributed by atoms with Gasteiger partial charge in [0.1, 0.15) is 5.78 Å². The van der Waals surface area contributed by atoms with Gasteiger partial charge in [0, 0.05) is 12.0 Å². The minimum absolute atomic E-state index is 0.184. The molecule has 24 heavy (non-hydrogen) atoms. The number of carbonyl (C=O) groups excluding carboxylic acids is 1. The van der Waals surface area contributed by atoms with Crippen LogP contribution in [-0.4, -0.2) is 16.6 Å². The highest BCUT2D eigenvalue weighted by Gasteiger charge is 2.21. The molecule has 0 saturated heterocycles. The molecule has 2 aromatic carbocycles. The van der Waals surface area contributed by atoms with E-state index in [4.69, 9.17) is 4.99 Å². The van der Waals surface area contributed by atoms with Crippen LogP contribution < -0.4 is 0 Å². The Labute approximate surface area is 147 Å². The van der Waals surface area contributed by atoms with E-state index in [-0.39, 0.29) is 5.78 Å². The van der Waals surface area contributed by atoms with Gasteiger partial charge >= 0.3 is 0 Å². The number of allylic oxidation sites excluding steroid dienone is 1. The quantitative estimate of drug-likeness (QED) is 0.759. The van der Waals surface area contributed by atoms with Gasteiger partial charge in [0.15, 0.2) is 0 Å². The summed E-state index contributed by atoms with van der Waals surface area (Å²) in [7, 11) is 0. The van der Waals surface area contributed by atoms with Gasteiger partial charge in [-0.15, -0.1) is 11.8 Å². The molecule has 0 unspecified atom stereocenters. The first kappa shape index (κ1) is 16.7. The molecule has 122 valence electrons. The Morgan fingerprint density at radius 2 is 1.50 bits per heavy atom. The van der Waals surface area contributed by atoms with Crippen molar-refractivity contribution in [3.05, 3.63) is 70.8 Å². The number of aliphatic imine (C=N–C) groups is 1. The van der Waals surface area contributed by atoms with Crippen LogP contribution >= 0.6 is 11.8 Å². The third-order valence-electron chi connectivity index (χ3n) is 4.02. The van der Waals surface area contributed by atoms with Gasteiger partial charge in [0.05, 0.1) is 16.5 Å². The standard InChI is InChI=1S/C21H21NOS/c1-14-4-8-17(9-5-14)19-12-20(24-13-16(3)23)22-21(19)18-10-6-15(2)7-11-18/h4-11H,12-13H2,1-3H3. The lowest BCUT2D eigenvalue weighted by Gasteiger charge is -2.07. The van der Waals surface area contributed by atoms with Gasteiger partial charge in [-0.05, 0) is 31.9 Å². The lowest BCUT2D eigenvalue weighted by atomic mass is 9.98. The van der Waals surface area contributed by atoms with E-state index in [9.17, 15) is 4.79 Å². The van der Waals surface area contributed by atoms with E-state index >= 15 is 0 Å². The molecular formula is C21H21NOS.